The van der Waals surface area contributed by atoms with E-state index in [1.807, 2.05) is 18.3 Å². The number of anilines is 1. The summed E-state index contributed by atoms with van der Waals surface area (Å²) in [6.07, 6.45) is 4.70. The number of hydrogen-bond donors (Lipinski definition) is 1. The third kappa shape index (κ3) is 1.63. The summed E-state index contributed by atoms with van der Waals surface area (Å²) >= 11 is 0. The molecule has 1 fully saturated rings. The first kappa shape index (κ1) is 8.59. The van der Waals surface area contributed by atoms with Gasteiger partial charge in [0.2, 0.25) is 5.91 Å². The van der Waals surface area contributed by atoms with Crippen LogP contribution in [-0.4, -0.2) is 17.1 Å². The third-order valence-electron chi connectivity index (χ3n) is 2.68. The van der Waals surface area contributed by atoms with E-state index in [1.54, 1.807) is 0 Å². The minimum Gasteiger partial charge on any atom is -0.310 e. The Hall–Kier alpha value is -1.71. The number of pyridine rings is 1. The molecule has 76 valence electrons. The summed E-state index contributed by atoms with van der Waals surface area (Å²) < 4.78 is 0. The highest BCUT2D eigenvalue weighted by Gasteiger charge is 2.29. The lowest BCUT2D eigenvalue weighted by molar-refractivity contribution is -0.117. The first-order valence-corrected chi connectivity index (χ1v) is 5.16. The van der Waals surface area contributed by atoms with Crippen molar-refractivity contribution in [2.45, 2.75) is 19.3 Å². The maximum absolute atomic E-state index is 11.5. The quantitative estimate of drug-likeness (QED) is 0.791. The number of aliphatic imine (C=N–C) groups is 1. The van der Waals surface area contributed by atoms with Crippen molar-refractivity contribution in [3.8, 4) is 0 Å². The summed E-state index contributed by atoms with van der Waals surface area (Å²) in [5.74, 6) is 1.65. The van der Waals surface area contributed by atoms with Crippen molar-refractivity contribution in [2.75, 3.05) is 5.32 Å². The van der Waals surface area contributed by atoms with E-state index in [-0.39, 0.29) is 11.8 Å². The molecule has 1 aromatic rings. The lowest BCUT2D eigenvalue weighted by Crippen LogP contribution is -2.14. The number of hydrogen-bond acceptors (Lipinski definition) is 3. The lowest BCUT2D eigenvalue weighted by atomic mass is 10.2. The van der Waals surface area contributed by atoms with Crippen LogP contribution in [0.25, 0.3) is 0 Å². The van der Waals surface area contributed by atoms with Gasteiger partial charge in [0.1, 0.15) is 5.82 Å². The number of nitrogens with one attached hydrogen (secondary N) is 1. The zero-order valence-corrected chi connectivity index (χ0v) is 8.23. The van der Waals surface area contributed by atoms with Gasteiger partial charge in [-0.15, -0.1) is 0 Å². The highest BCUT2D eigenvalue weighted by atomic mass is 16.2. The lowest BCUT2D eigenvalue weighted by Gasteiger charge is -2.04. The van der Waals surface area contributed by atoms with Crippen LogP contribution in [-0.2, 0) is 11.2 Å². The minimum atomic E-state index is 0.0874. The molecular weight excluding hydrogens is 190 g/mol. The summed E-state index contributed by atoms with van der Waals surface area (Å²) in [7, 11) is 0. The molecule has 2 heterocycles. The van der Waals surface area contributed by atoms with E-state index < -0.39 is 0 Å². The molecule has 0 spiro atoms. The molecule has 0 unspecified atom stereocenters. The Labute approximate surface area is 87.4 Å². The van der Waals surface area contributed by atoms with E-state index in [4.69, 9.17) is 0 Å². The van der Waals surface area contributed by atoms with Gasteiger partial charge in [-0.25, -0.2) is 9.98 Å². The Morgan fingerprint density at radius 1 is 1.40 bits per heavy atom. The predicted octanol–water partition coefficient (Wildman–Crippen LogP) is 1.69. The van der Waals surface area contributed by atoms with Crippen molar-refractivity contribution in [1.29, 1.82) is 0 Å². The van der Waals surface area contributed by atoms with Crippen molar-refractivity contribution >= 4 is 23.8 Å². The molecule has 1 N–H and O–H groups in total. The predicted molar refractivity (Wildman–Crippen MR) is 57.4 cm³/mol. The maximum Gasteiger partial charge on any atom is 0.228 e. The van der Waals surface area contributed by atoms with E-state index in [1.165, 1.54) is 0 Å². The SMILES string of the molecule is O=C(Nc1ccc2c(n1)N=CC2)C1CC1. The van der Waals surface area contributed by atoms with Gasteiger partial charge in [-0.05, 0) is 18.9 Å². The Kier molecular flexibility index (Phi) is 1.80. The van der Waals surface area contributed by atoms with Gasteiger partial charge >= 0.3 is 0 Å². The standard InChI is InChI=1S/C11H11N3O/c15-11(8-1-2-8)14-9-4-3-7-5-6-12-10(7)13-9/h3-4,6,8H,1-2,5H2,(H,13,14,15). The summed E-state index contributed by atoms with van der Waals surface area (Å²) in [5.41, 5.74) is 1.12. The smallest absolute Gasteiger partial charge is 0.228 e. The second-order valence-corrected chi connectivity index (χ2v) is 3.96. The third-order valence-corrected chi connectivity index (χ3v) is 2.68. The summed E-state index contributed by atoms with van der Waals surface area (Å²) in [6.45, 7) is 0. The second kappa shape index (κ2) is 3.15. The summed E-state index contributed by atoms with van der Waals surface area (Å²) in [5, 5.41) is 2.81. The van der Waals surface area contributed by atoms with Gasteiger partial charge in [0.25, 0.3) is 0 Å². The highest BCUT2D eigenvalue weighted by molar-refractivity contribution is 5.93. The number of nitrogens with zero attached hydrogens (tertiary/aromatic N) is 2. The van der Waals surface area contributed by atoms with E-state index in [2.05, 4.69) is 15.3 Å². The normalized spacial score (nSPS) is 17.6. The van der Waals surface area contributed by atoms with Gasteiger partial charge in [0.05, 0.1) is 0 Å². The van der Waals surface area contributed by atoms with Crippen LogP contribution >= 0.6 is 0 Å². The van der Waals surface area contributed by atoms with Crippen LogP contribution in [0, 0.1) is 5.92 Å². The Balaban J connectivity index is 1.80. The molecule has 1 saturated carbocycles. The first-order valence-electron chi connectivity index (χ1n) is 5.16. The van der Waals surface area contributed by atoms with Crippen LogP contribution < -0.4 is 5.32 Å². The van der Waals surface area contributed by atoms with Crippen LogP contribution in [0.1, 0.15) is 18.4 Å². The molecule has 1 aliphatic carbocycles. The van der Waals surface area contributed by atoms with E-state index in [9.17, 15) is 4.79 Å². The minimum absolute atomic E-state index is 0.0874. The Morgan fingerprint density at radius 2 is 2.27 bits per heavy atom. The van der Waals surface area contributed by atoms with Crippen molar-refractivity contribution in [2.24, 2.45) is 10.9 Å². The van der Waals surface area contributed by atoms with E-state index in [0.717, 1.165) is 30.6 Å². The maximum atomic E-state index is 11.5. The Bertz CT molecular complexity index is 449. The van der Waals surface area contributed by atoms with Gasteiger partial charge in [0.15, 0.2) is 5.82 Å². The molecule has 2 aliphatic rings. The van der Waals surface area contributed by atoms with Crippen LogP contribution in [0.3, 0.4) is 0 Å². The molecule has 15 heavy (non-hydrogen) atoms. The van der Waals surface area contributed by atoms with E-state index >= 15 is 0 Å². The average molecular weight is 201 g/mol. The highest BCUT2D eigenvalue weighted by Crippen LogP contribution is 2.30. The van der Waals surface area contributed by atoms with Gasteiger partial charge in [-0.2, -0.15) is 0 Å². The number of fused-ring (bicyclic) bond motifs is 1. The average Bonchev–Trinajstić information content (AvgIpc) is 2.98. The molecule has 1 aliphatic heterocycles. The van der Waals surface area contributed by atoms with Crippen molar-refractivity contribution in [3.05, 3.63) is 17.7 Å². The molecular formula is C11H11N3O. The van der Waals surface area contributed by atoms with Gasteiger partial charge in [-0.3, -0.25) is 4.79 Å². The van der Waals surface area contributed by atoms with E-state index in [0.29, 0.717) is 5.82 Å². The van der Waals surface area contributed by atoms with Gasteiger partial charge in [-0.1, -0.05) is 6.07 Å². The van der Waals surface area contributed by atoms with Crippen molar-refractivity contribution in [1.82, 2.24) is 4.98 Å². The van der Waals surface area contributed by atoms with Crippen LogP contribution in [0.4, 0.5) is 11.6 Å². The second-order valence-electron chi connectivity index (χ2n) is 3.96. The zero-order valence-electron chi connectivity index (χ0n) is 8.23. The molecule has 0 aromatic carbocycles. The molecule has 0 atom stereocenters. The monoisotopic (exact) mass is 201 g/mol. The zero-order chi connectivity index (χ0) is 10.3. The van der Waals surface area contributed by atoms with Crippen LogP contribution in [0.2, 0.25) is 0 Å². The molecule has 3 rings (SSSR count). The topological polar surface area (TPSA) is 54.4 Å². The van der Waals surface area contributed by atoms with Gasteiger partial charge in [0, 0.05) is 24.1 Å². The number of carbonyl (C=O) groups excluding carboxylic acids is 1. The Morgan fingerprint density at radius 3 is 3.07 bits per heavy atom. The van der Waals surface area contributed by atoms with Crippen LogP contribution in [0.15, 0.2) is 17.1 Å². The number of carbonyl (C=O) groups is 1. The summed E-state index contributed by atoms with van der Waals surface area (Å²) in [6, 6.07) is 3.81. The van der Waals surface area contributed by atoms with Crippen molar-refractivity contribution < 1.29 is 4.79 Å². The fourth-order valence-corrected chi connectivity index (χ4v) is 1.62. The molecule has 0 radical (unpaired) electrons. The molecule has 0 saturated heterocycles. The molecule has 1 amide bonds. The van der Waals surface area contributed by atoms with Gasteiger partial charge < -0.3 is 5.32 Å². The molecule has 4 heteroatoms. The van der Waals surface area contributed by atoms with Crippen LogP contribution in [0.5, 0.6) is 0 Å². The molecule has 0 bridgehead atoms. The fourth-order valence-electron chi connectivity index (χ4n) is 1.62. The number of rotatable bonds is 2. The number of amides is 1. The fraction of sp³-hybridized carbons (Fsp3) is 0.364. The largest absolute Gasteiger partial charge is 0.310 e. The van der Waals surface area contributed by atoms with Crippen molar-refractivity contribution in [3.63, 3.8) is 0 Å². The molecule has 1 aromatic heterocycles. The first-order chi connectivity index (χ1) is 7.33. The number of aromatic nitrogens is 1. The summed E-state index contributed by atoms with van der Waals surface area (Å²) in [4.78, 5) is 19.9. The molecule has 4 nitrogen and oxygen atoms in total.